The zero-order chi connectivity index (χ0) is 15.0. The molecule has 1 N–H and O–H groups in total. The van der Waals surface area contributed by atoms with E-state index >= 15 is 0 Å². The molecule has 21 heavy (non-hydrogen) atoms. The number of nitrogens with one attached hydrogen (secondary N) is 1. The fourth-order valence-electron chi connectivity index (χ4n) is 3.00. The Hall–Kier alpha value is -2.10. The molecule has 0 saturated heterocycles. The van der Waals surface area contributed by atoms with Crippen LogP contribution < -0.4 is 5.32 Å². The number of aryl methyl sites for hydroxylation is 2. The third-order valence-corrected chi connectivity index (χ3v) is 3.95. The van der Waals surface area contributed by atoms with E-state index in [0.29, 0.717) is 6.04 Å². The highest BCUT2D eigenvalue weighted by Gasteiger charge is 2.16. The number of pyridine rings is 1. The highest BCUT2D eigenvalue weighted by Crippen LogP contribution is 2.33. The van der Waals surface area contributed by atoms with Crippen molar-refractivity contribution in [2.75, 3.05) is 5.32 Å². The molecule has 3 aromatic rings. The molecule has 0 spiro atoms. The highest BCUT2D eigenvalue weighted by molar-refractivity contribution is 6.07. The summed E-state index contributed by atoms with van der Waals surface area (Å²) in [6.45, 7) is 6.50. The Kier molecular flexibility index (Phi) is 3.53. The molecule has 0 bridgehead atoms. The van der Waals surface area contributed by atoms with Crippen molar-refractivity contribution >= 4 is 27.6 Å². The van der Waals surface area contributed by atoms with Crippen LogP contribution in [0, 0.1) is 6.92 Å². The van der Waals surface area contributed by atoms with Gasteiger partial charge < -0.3 is 5.32 Å². The van der Waals surface area contributed by atoms with Crippen LogP contribution >= 0.6 is 0 Å². The van der Waals surface area contributed by atoms with E-state index < -0.39 is 0 Å². The molecule has 3 rings (SSSR count). The summed E-state index contributed by atoms with van der Waals surface area (Å²) in [6.07, 6.45) is 2.32. The molecule has 2 aromatic heterocycles. The van der Waals surface area contributed by atoms with Crippen LogP contribution in [0.5, 0.6) is 0 Å². The first kappa shape index (κ1) is 13.9. The summed E-state index contributed by atoms with van der Waals surface area (Å²) >= 11 is 0. The van der Waals surface area contributed by atoms with E-state index in [1.165, 1.54) is 17.5 Å². The first-order chi connectivity index (χ1) is 10.1. The van der Waals surface area contributed by atoms with Crippen LogP contribution in [0.25, 0.3) is 21.9 Å². The van der Waals surface area contributed by atoms with E-state index in [1.807, 2.05) is 17.8 Å². The molecular weight excluding hydrogens is 260 g/mol. The summed E-state index contributed by atoms with van der Waals surface area (Å²) in [5.41, 5.74) is 4.15. The van der Waals surface area contributed by atoms with Crippen molar-refractivity contribution in [3.05, 3.63) is 30.0 Å². The van der Waals surface area contributed by atoms with Crippen LogP contribution in [0.2, 0.25) is 0 Å². The number of hydrogen-bond donors (Lipinski definition) is 1. The molecule has 0 aliphatic rings. The lowest BCUT2D eigenvalue weighted by Crippen LogP contribution is -2.15. The first-order valence-corrected chi connectivity index (χ1v) is 7.60. The number of para-hydroxylation sites is 1. The minimum Gasteiger partial charge on any atom is -0.381 e. The first-order valence-electron chi connectivity index (χ1n) is 7.60. The van der Waals surface area contributed by atoms with E-state index in [-0.39, 0.29) is 0 Å². The van der Waals surface area contributed by atoms with E-state index in [4.69, 9.17) is 4.98 Å². The van der Waals surface area contributed by atoms with Gasteiger partial charge in [0.1, 0.15) is 0 Å². The van der Waals surface area contributed by atoms with Gasteiger partial charge in [0.25, 0.3) is 0 Å². The second-order valence-corrected chi connectivity index (χ2v) is 5.75. The average molecular weight is 282 g/mol. The number of rotatable bonds is 4. The van der Waals surface area contributed by atoms with Gasteiger partial charge >= 0.3 is 0 Å². The van der Waals surface area contributed by atoms with Crippen molar-refractivity contribution in [3.63, 3.8) is 0 Å². The molecule has 0 aliphatic carbocycles. The quantitative estimate of drug-likeness (QED) is 0.785. The van der Waals surface area contributed by atoms with Gasteiger partial charge in [0.05, 0.1) is 22.3 Å². The van der Waals surface area contributed by atoms with Gasteiger partial charge in [-0.15, -0.1) is 0 Å². The molecule has 0 radical (unpaired) electrons. The minimum atomic E-state index is 0.434. The van der Waals surface area contributed by atoms with Gasteiger partial charge in [-0.1, -0.05) is 31.5 Å². The van der Waals surface area contributed by atoms with Gasteiger partial charge in [-0.25, -0.2) is 4.98 Å². The zero-order valence-corrected chi connectivity index (χ0v) is 13.1. The Morgan fingerprint density at radius 2 is 2.05 bits per heavy atom. The monoisotopic (exact) mass is 282 g/mol. The van der Waals surface area contributed by atoms with E-state index in [1.54, 1.807) is 0 Å². The Labute approximate surface area is 125 Å². The fourth-order valence-corrected chi connectivity index (χ4v) is 3.00. The third-order valence-electron chi connectivity index (χ3n) is 3.95. The fraction of sp³-hybridized carbons (Fsp3) is 0.412. The number of anilines is 1. The Balaban J connectivity index is 2.29. The number of fused-ring (bicyclic) bond motifs is 2. The molecule has 0 aliphatic heterocycles. The normalized spacial score (nSPS) is 13.0. The van der Waals surface area contributed by atoms with E-state index in [9.17, 15) is 0 Å². The predicted molar refractivity (Wildman–Crippen MR) is 88.7 cm³/mol. The number of nitrogens with zero attached hydrogens (tertiary/aromatic N) is 3. The van der Waals surface area contributed by atoms with Crippen LogP contribution in [0.3, 0.4) is 0 Å². The van der Waals surface area contributed by atoms with Crippen molar-refractivity contribution in [3.8, 4) is 0 Å². The van der Waals surface area contributed by atoms with Crippen LogP contribution in [-0.4, -0.2) is 20.8 Å². The second kappa shape index (κ2) is 5.35. The van der Waals surface area contributed by atoms with Crippen LogP contribution in [0.1, 0.15) is 32.4 Å². The molecule has 0 unspecified atom stereocenters. The highest BCUT2D eigenvalue weighted by atomic mass is 15.3. The van der Waals surface area contributed by atoms with Gasteiger partial charge in [-0.2, -0.15) is 5.10 Å². The molecule has 1 aromatic carbocycles. The molecule has 0 saturated carbocycles. The lowest BCUT2D eigenvalue weighted by molar-refractivity contribution is 0.692. The van der Waals surface area contributed by atoms with Crippen molar-refractivity contribution < 1.29 is 0 Å². The largest absolute Gasteiger partial charge is 0.381 e. The predicted octanol–water partition coefficient (Wildman–Crippen LogP) is 4.03. The molecule has 1 atom stereocenters. The maximum absolute atomic E-state index is 4.77. The number of aromatic nitrogens is 3. The smallest absolute Gasteiger partial charge is 0.160 e. The SMILES string of the molecule is CCC[C@H](C)Nc1c2ccccc2nc2c1c(C)nn2C. The van der Waals surface area contributed by atoms with Crippen molar-refractivity contribution in [1.82, 2.24) is 14.8 Å². The maximum Gasteiger partial charge on any atom is 0.160 e. The van der Waals surface area contributed by atoms with Crippen molar-refractivity contribution in [2.45, 2.75) is 39.7 Å². The third kappa shape index (κ3) is 2.35. The molecule has 4 nitrogen and oxygen atoms in total. The summed E-state index contributed by atoms with van der Waals surface area (Å²) in [5, 5.41) is 10.5. The summed E-state index contributed by atoms with van der Waals surface area (Å²) in [4.78, 5) is 4.77. The van der Waals surface area contributed by atoms with E-state index in [2.05, 4.69) is 49.4 Å². The topological polar surface area (TPSA) is 42.7 Å². The molecule has 2 heterocycles. The zero-order valence-electron chi connectivity index (χ0n) is 13.1. The number of benzene rings is 1. The molecular formula is C17H22N4. The standard InChI is InChI=1S/C17H22N4/c1-5-8-11(2)18-16-13-9-6-7-10-14(13)19-17-15(16)12(3)20-21(17)4/h6-7,9-11H,5,8H2,1-4H3,(H,18,19)/t11-/m0/s1. The average Bonchev–Trinajstić information content (AvgIpc) is 2.74. The van der Waals surface area contributed by atoms with Crippen LogP contribution in [-0.2, 0) is 7.05 Å². The van der Waals surface area contributed by atoms with Crippen molar-refractivity contribution in [1.29, 1.82) is 0 Å². The van der Waals surface area contributed by atoms with Gasteiger partial charge in [-0.05, 0) is 26.3 Å². The molecule has 4 heteroatoms. The summed E-state index contributed by atoms with van der Waals surface area (Å²) in [5.74, 6) is 0. The lowest BCUT2D eigenvalue weighted by atomic mass is 10.1. The molecule has 0 fully saturated rings. The summed E-state index contributed by atoms with van der Waals surface area (Å²) < 4.78 is 1.87. The van der Waals surface area contributed by atoms with Crippen LogP contribution in [0.4, 0.5) is 5.69 Å². The number of hydrogen-bond acceptors (Lipinski definition) is 3. The van der Waals surface area contributed by atoms with Gasteiger partial charge in [0, 0.05) is 18.5 Å². The van der Waals surface area contributed by atoms with Gasteiger partial charge in [0.15, 0.2) is 5.65 Å². The summed E-state index contributed by atoms with van der Waals surface area (Å²) in [6, 6.07) is 8.73. The van der Waals surface area contributed by atoms with Gasteiger partial charge in [-0.3, -0.25) is 4.68 Å². The van der Waals surface area contributed by atoms with E-state index in [0.717, 1.165) is 28.7 Å². The van der Waals surface area contributed by atoms with Crippen LogP contribution in [0.15, 0.2) is 24.3 Å². The molecule has 0 amide bonds. The van der Waals surface area contributed by atoms with Gasteiger partial charge in [0.2, 0.25) is 0 Å². The lowest BCUT2D eigenvalue weighted by Gasteiger charge is -2.17. The summed E-state index contributed by atoms with van der Waals surface area (Å²) in [7, 11) is 1.95. The molecule has 110 valence electrons. The Morgan fingerprint density at radius 1 is 1.29 bits per heavy atom. The van der Waals surface area contributed by atoms with Crippen molar-refractivity contribution in [2.24, 2.45) is 7.05 Å². The minimum absolute atomic E-state index is 0.434. The Morgan fingerprint density at radius 3 is 2.81 bits per heavy atom. The maximum atomic E-state index is 4.77. The Bertz CT molecular complexity index is 788. The second-order valence-electron chi connectivity index (χ2n) is 5.75.